The van der Waals surface area contributed by atoms with Gasteiger partial charge in [-0.05, 0) is 66.9 Å². The van der Waals surface area contributed by atoms with Crippen molar-refractivity contribution in [3.8, 4) is 0 Å². The molecule has 28 heavy (non-hydrogen) atoms. The minimum Gasteiger partial charge on any atom is -0.279 e. The van der Waals surface area contributed by atoms with Crippen molar-refractivity contribution in [3.63, 3.8) is 0 Å². The minimum absolute atomic E-state index is 0.288. The number of hydrogen-bond donors (Lipinski definition) is 0. The lowest BCUT2D eigenvalue weighted by molar-refractivity contribution is 0.0984. The maximum atomic E-state index is 13.7. The standard InChI is InChI=1S/C22H18FN3OS/c1-14-9-19-20(10-15(14)2)28-22(25-19)26(13-16-5-4-8-24-12-16)21(27)17-6-3-7-18(23)11-17/h3-12H,13H2,1-2H3. The van der Waals surface area contributed by atoms with Crippen LogP contribution in [0.3, 0.4) is 0 Å². The van der Waals surface area contributed by atoms with Crippen molar-refractivity contribution < 1.29 is 9.18 Å². The van der Waals surface area contributed by atoms with Crippen LogP contribution >= 0.6 is 11.3 Å². The normalized spacial score (nSPS) is 11.0. The number of amides is 1. The molecule has 0 aliphatic rings. The number of carbonyl (C=O) groups is 1. The minimum atomic E-state index is -0.442. The van der Waals surface area contributed by atoms with E-state index in [4.69, 9.17) is 0 Å². The lowest BCUT2D eigenvalue weighted by atomic mass is 10.1. The van der Waals surface area contributed by atoms with Crippen molar-refractivity contribution >= 4 is 32.6 Å². The molecule has 2 aromatic heterocycles. The van der Waals surface area contributed by atoms with Crippen LogP contribution < -0.4 is 4.90 Å². The Hall–Kier alpha value is -3.12. The van der Waals surface area contributed by atoms with Gasteiger partial charge in [0.25, 0.3) is 5.91 Å². The van der Waals surface area contributed by atoms with Gasteiger partial charge in [0.2, 0.25) is 0 Å². The molecule has 0 N–H and O–H groups in total. The number of halogens is 1. The SMILES string of the molecule is Cc1cc2nc(N(Cc3cccnc3)C(=O)c3cccc(F)c3)sc2cc1C. The summed E-state index contributed by atoms with van der Waals surface area (Å²) < 4.78 is 14.7. The maximum absolute atomic E-state index is 13.7. The monoisotopic (exact) mass is 391 g/mol. The van der Waals surface area contributed by atoms with E-state index < -0.39 is 5.82 Å². The topological polar surface area (TPSA) is 46.1 Å². The van der Waals surface area contributed by atoms with Crippen molar-refractivity contribution in [2.24, 2.45) is 0 Å². The van der Waals surface area contributed by atoms with Gasteiger partial charge in [0.05, 0.1) is 16.8 Å². The Morgan fingerprint density at radius 1 is 1.11 bits per heavy atom. The third-order valence-corrected chi connectivity index (χ3v) is 5.64. The fourth-order valence-corrected chi connectivity index (χ4v) is 4.00. The molecule has 2 heterocycles. The molecule has 0 atom stereocenters. The zero-order chi connectivity index (χ0) is 19.7. The number of rotatable bonds is 4. The average Bonchev–Trinajstić information content (AvgIpc) is 3.09. The van der Waals surface area contributed by atoms with Crippen LogP contribution in [0.25, 0.3) is 10.2 Å². The van der Waals surface area contributed by atoms with E-state index in [-0.39, 0.29) is 11.5 Å². The zero-order valence-corrected chi connectivity index (χ0v) is 16.3. The number of aryl methyl sites for hydroxylation is 2. The second kappa shape index (κ2) is 7.48. The highest BCUT2D eigenvalue weighted by Crippen LogP contribution is 2.32. The summed E-state index contributed by atoms with van der Waals surface area (Å²) in [7, 11) is 0. The Morgan fingerprint density at radius 2 is 1.93 bits per heavy atom. The smallest absolute Gasteiger partial charge is 0.260 e. The molecule has 2 aromatic carbocycles. The largest absolute Gasteiger partial charge is 0.279 e. The van der Waals surface area contributed by atoms with Gasteiger partial charge in [-0.2, -0.15) is 0 Å². The number of thiazole rings is 1. The fraction of sp³-hybridized carbons (Fsp3) is 0.136. The number of nitrogens with zero attached hydrogens (tertiary/aromatic N) is 3. The molecule has 0 aliphatic carbocycles. The maximum Gasteiger partial charge on any atom is 0.260 e. The molecule has 0 saturated carbocycles. The zero-order valence-electron chi connectivity index (χ0n) is 15.5. The summed E-state index contributed by atoms with van der Waals surface area (Å²) in [6.07, 6.45) is 3.40. The first-order valence-corrected chi connectivity index (χ1v) is 9.67. The summed E-state index contributed by atoms with van der Waals surface area (Å²) in [6, 6.07) is 13.6. The molecule has 0 unspecified atom stereocenters. The van der Waals surface area contributed by atoms with E-state index >= 15 is 0 Å². The lowest BCUT2D eigenvalue weighted by Crippen LogP contribution is -2.30. The average molecular weight is 391 g/mol. The number of aromatic nitrogens is 2. The van der Waals surface area contributed by atoms with Crippen LogP contribution in [-0.4, -0.2) is 15.9 Å². The Morgan fingerprint density at radius 3 is 2.68 bits per heavy atom. The van der Waals surface area contributed by atoms with Crippen LogP contribution in [0, 0.1) is 19.7 Å². The first-order chi connectivity index (χ1) is 13.5. The van der Waals surface area contributed by atoms with E-state index in [1.807, 2.05) is 25.1 Å². The number of hydrogen-bond acceptors (Lipinski definition) is 4. The number of anilines is 1. The molecule has 1 amide bonds. The van der Waals surface area contributed by atoms with Gasteiger partial charge in [-0.15, -0.1) is 0 Å². The van der Waals surface area contributed by atoms with Crippen molar-refractivity contribution in [2.45, 2.75) is 20.4 Å². The van der Waals surface area contributed by atoms with Crippen LogP contribution in [0.5, 0.6) is 0 Å². The molecule has 140 valence electrons. The summed E-state index contributed by atoms with van der Waals surface area (Å²) >= 11 is 1.45. The van der Waals surface area contributed by atoms with Crippen LogP contribution in [0.15, 0.2) is 60.9 Å². The molecular formula is C22H18FN3OS. The number of carbonyl (C=O) groups excluding carboxylic acids is 1. The third kappa shape index (κ3) is 3.64. The van der Waals surface area contributed by atoms with Crippen LogP contribution in [-0.2, 0) is 6.54 Å². The van der Waals surface area contributed by atoms with Crippen molar-refractivity contribution in [2.75, 3.05) is 4.90 Å². The molecule has 0 saturated heterocycles. The van der Waals surface area contributed by atoms with Crippen LogP contribution in [0.1, 0.15) is 27.0 Å². The molecule has 0 fully saturated rings. The van der Waals surface area contributed by atoms with E-state index in [0.717, 1.165) is 21.3 Å². The molecule has 0 aliphatic heterocycles. The fourth-order valence-electron chi connectivity index (χ4n) is 2.96. The highest BCUT2D eigenvalue weighted by Gasteiger charge is 2.22. The third-order valence-electron chi connectivity index (χ3n) is 4.60. The van der Waals surface area contributed by atoms with Crippen molar-refractivity contribution in [3.05, 3.63) is 89.0 Å². The number of pyridine rings is 1. The Balaban J connectivity index is 1.79. The first kappa shape index (κ1) is 18.3. The molecule has 6 heteroatoms. The quantitative estimate of drug-likeness (QED) is 0.475. The van der Waals surface area contributed by atoms with E-state index in [1.165, 1.54) is 35.1 Å². The summed E-state index contributed by atoms with van der Waals surface area (Å²) in [6.45, 7) is 4.40. The molecule has 4 aromatic rings. The van der Waals surface area contributed by atoms with E-state index in [9.17, 15) is 9.18 Å². The van der Waals surface area contributed by atoms with Gasteiger partial charge in [-0.1, -0.05) is 23.5 Å². The Bertz CT molecular complexity index is 1120. The van der Waals surface area contributed by atoms with E-state index in [2.05, 4.69) is 23.0 Å². The highest BCUT2D eigenvalue weighted by molar-refractivity contribution is 7.22. The molecule has 0 bridgehead atoms. The van der Waals surface area contributed by atoms with Crippen LogP contribution in [0.2, 0.25) is 0 Å². The lowest BCUT2D eigenvalue weighted by Gasteiger charge is -2.20. The molecule has 0 spiro atoms. The summed E-state index contributed by atoms with van der Waals surface area (Å²) in [4.78, 5) is 23.6. The van der Waals surface area contributed by atoms with Gasteiger partial charge >= 0.3 is 0 Å². The van der Waals surface area contributed by atoms with Gasteiger partial charge in [0, 0.05) is 18.0 Å². The van der Waals surface area contributed by atoms with Gasteiger partial charge in [0.1, 0.15) is 5.82 Å². The second-order valence-electron chi connectivity index (χ2n) is 6.66. The summed E-state index contributed by atoms with van der Waals surface area (Å²) in [5.74, 6) is -0.737. The second-order valence-corrected chi connectivity index (χ2v) is 7.67. The Labute approximate surface area is 166 Å². The molecule has 4 nitrogen and oxygen atoms in total. The summed E-state index contributed by atoms with van der Waals surface area (Å²) in [5, 5.41) is 0.582. The van der Waals surface area contributed by atoms with Gasteiger partial charge in [-0.3, -0.25) is 14.7 Å². The van der Waals surface area contributed by atoms with Crippen molar-refractivity contribution in [1.29, 1.82) is 0 Å². The van der Waals surface area contributed by atoms with Crippen molar-refractivity contribution in [1.82, 2.24) is 9.97 Å². The molecule has 4 rings (SSSR count). The van der Waals surface area contributed by atoms with Gasteiger partial charge in [0.15, 0.2) is 5.13 Å². The predicted octanol–water partition coefficient (Wildman–Crippen LogP) is 5.29. The number of benzene rings is 2. The molecular weight excluding hydrogens is 373 g/mol. The molecule has 0 radical (unpaired) electrons. The van der Waals surface area contributed by atoms with E-state index in [1.54, 1.807) is 23.4 Å². The highest BCUT2D eigenvalue weighted by atomic mass is 32.1. The predicted molar refractivity (Wildman–Crippen MR) is 110 cm³/mol. The van der Waals surface area contributed by atoms with Gasteiger partial charge in [-0.25, -0.2) is 9.37 Å². The summed E-state index contributed by atoms with van der Waals surface area (Å²) in [5.41, 5.74) is 4.35. The number of fused-ring (bicyclic) bond motifs is 1. The van der Waals surface area contributed by atoms with Gasteiger partial charge < -0.3 is 0 Å². The Kier molecular flexibility index (Phi) is 4.88. The van der Waals surface area contributed by atoms with Crippen LogP contribution in [0.4, 0.5) is 9.52 Å². The van der Waals surface area contributed by atoms with E-state index in [0.29, 0.717) is 11.7 Å². The first-order valence-electron chi connectivity index (χ1n) is 8.85.